The fraction of sp³-hybridized carbons (Fsp3) is 0.360. The molecule has 0 radical (unpaired) electrons. The Kier molecular flexibility index (Phi) is 6.37. The second kappa shape index (κ2) is 9.35. The molecule has 162 valence electrons. The SMILES string of the molecule is CC(C)=CCN1CCC(NC(=O)c2cn(-c3ccccc3)nc2-c2ccc(C)o2)CC1. The van der Waals surface area contributed by atoms with Crippen molar-refractivity contribution in [2.45, 2.75) is 39.7 Å². The molecule has 1 aliphatic rings. The molecule has 31 heavy (non-hydrogen) atoms. The summed E-state index contributed by atoms with van der Waals surface area (Å²) in [5, 5.41) is 7.90. The Hall–Kier alpha value is -3.12. The molecule has 3 heterocycles. The van der Waals surface area contributed by atoms with Gasteiger partial charge in [0.1, 0.15) is 11.5 Å². The number of hydrogen-bond donors (Lipinski definition) is 1. The summed E-state index contributed by atoms with van der Waals surface area (Å²) in [7, 11) is 0. The van der Waals surface area contributed by atoms with Crippen molar-refractivity contribution in [3.8, 4) is 17.1 Å². The van der Waals surface area contributed by atoms with Gasteiger partial charge >= 0.3 is 0 Å². The lowest BCUT2D eigenvalue weighted by molar-refractivity contribution is 0.0914. The highest BCUT2D eigenvalue weighted by Crippen LogP contribution is 2.26. The number of nitrogens with zero attached hydrogens (tertiary/aromatic N) is 3. The van der Waals surface area contributed by atoms with Crippen molar-refractivity contribution in [1.29, 1.82) is 0 Å². The van der Waals surface area contributed by atoms with E-state index in [9.17, 15) is 4.79 Å². The first-order chi connectivity index (χ1) is 15.0. The number of allylic oxidation sites excluding steroid dienone is 1. The maximum atomic E-state index is 13.2. The van der Waals surface area contributed by atoms with Gasteiger partial charge in [0.25, 0.3) is 5.91 Å². The lowest BCUT2D eigenvalue weighted by atomic mass is 10.0. The Morgan fingerprint density at radius 3 is 2.55 bits per heavy atom. The monoisotopic (exact) mass is 418 g/mol. The van der Waals surface area contributed by atoms with Crippen LogP contribution in [0.15, 0.2) is 64.7 Å². The third-order valence-corrected chi connectivity index (χ3v) is 5.63. The zero-order valence-electron chi connectivity index (χ0n) is 18.5. The molecule has 6 nitrogen and oxygen atoms in total. The maximum absolute atomic E-state index is 13.2. The molecule has 1 aromatic carbocycles. The molecule has 4 rings (SSSR count). The fourth-order valence-electron chi connectivity index (χ4n) is 3.83. The largest absolute Gasteiger partial charge is 0.460 e. The van der Waals surface area contributed by atoms with Crippen LogP contribution in [-0.2, 0) is 0 Å². The number of furan rings is 1. The first-order valence-corrected chi connectivity index (χ1v) is 10.9. The van der Waals surface area contributed by atoms with Crippen molar-refractivity contribution >= 4 is 5.91 Å². The highest BCUT2D eigenvalue weighted by Gasteiger charge is 2.25. The normalized spacial score (nSPS) is 15.1. The fourth-order valence-corrected chi connectivity index (χ4v) is 3.83. The summed E-state index contributed by atoms with van der Waals surface area (Å²) in [6, 6.07) is 13.7. The number of piperidine rings is 1. The Labute approximate surface area is 183 Å². The van der Waals surface area contributed by atoms with Gasteiger partial charge in [0.15, 0.2) is 5.76 Å². The van der Waals surface area contributed by atoms with Gasteiger partial charge in [-0.05, 0) is 57.9 Å². The molecule has 0 unspecified atom stereocenters. The third kappa shape index (κ3) is 5.14. The number of para-hydroxylation sites is 1. The topological polar surface area (TPSA) is 63.3 Å². The van der Waals surface area contributed by atoms with Gasteiger partial charge in [-0.15, -0.1) is 0 Å². The standard InChI is InChI=1S/C25H30N4O2/c1-18(2)11-14-28-15-12-20(13-16-28)26-25(30)22-17-29(21-7-5-4-6-8-21)27-24(22)23-10-9-19(3)31-23/h4-11,17,20H,12-16H2,1-3H3,(H,26,30). The smallest absolute Gasteiger partial charge is 0.255 e. The average molecular weight is 419 g/mol. The van der Waals surface area contributed by atoms with Crippen LogP contribution < -0.4 is 5.32 Å². The molecular formula is C25H30N4O2. The minimum atomic E-state index is -0.103. The molecule has 0 aliphatic carbocycles. The minimum Gasteiger partial charge on any atom is -0.460 e. The number of nitrogens with one attached hydrogen (secondary N) is 1. The van der Waals surface area contributed by atoms with Crippen LogP contribution in [-0.4, -0.2) is 46.3 Å². The van der Waals surface area contributed by atoms with E-state index in [4.69, 9.17) is 4.42 Å². The van der Waals surface area contributed by atoms with Crippen molar-refractivity contribution < 1.29 is 9.21 Å². The van der Waals surface area contributed by atoms with E-state index in [1.165, 1.54) is 5.57 Å². The quantitative estimate of drug-likeness (QED) is 0.594. The van der Waals surface area contributed by atoms with E-state index in [-0.39, 0.29) is 11.9 Å². The van der Waals surface area contributed by atoms with Gasteiger partial charge in [-0.2, -0.15) is 5.10 Å². The summed E-state index contributed by atoms with van der Waals surface area (Å²) in [5.74, 6) is 1.29. The molecule has 3 aromatic rings. The molecule has 1 saturated heterocycles. The number of amides is 1. The van der Waals surface area contributed by atoms with Gasteiger partial charge in [-0.3, -0.25) is 9.69 Å². The maximum Gasteiger partial charge on any atom is 0.255 e. The molecule has 0 spiro atoms. The summed E-state index contributed by atoms with van der Waals surface area (Å²) in [6.45, 7) is 9.10. The van der Waals surface area contributed by atoms with Gasteiger partial charge in [0, 0.05) is 31.9 Å². The number of carbonyl (C=O) groups is 1. The van der Waals surface area contributed by atoms with Crippen LogP contribution in [0.3, 0.4) is 0 Å². The second-order valence-corrected chi connectivity index (χ2v) is 8.41. The van der Waals surface area contributed by atoms with E-state index >= 15 is 0 Å². The molecule has 0 bridgehead atoms. The van der Waals surface area contributed by atoms with Crippen LogP contribution in [0.25, 0.3) is 17.1 Å². The minimum absolute atomic E-state index is 0.103. The Balaban J connectivity index is 1.51. The number of likely N-dealkylation sites (tertiary alicyclic amines) is 1. The summed E-state index contributed by atoms with van der Waals surface area (Å²) in [6.07, 6.45) is 5.95. The number of rotatable bonds is 6. The van der Waals surface area contributed by atoms with Crippen molar-refractivity contribution in [3.63, 3.8) is 0 Å². The van der Waals surface area contributed by atoms with E-state index in [0.717, 1.165) is 43.9 Å². The summed E-state index contributed by atoms with van der Waals surface area (Å²) in [4.78, 5) is 15.7. The number of hydrogen-bond acceptors (Lipinski definition) is 4. The average Bonchev–Trinajstić information content (AvgIpc) is 3.40. The predicted octanol–water partition coefficient (Wildman–Crippen LogP) is 4.60. The number of aromatic nitrogens is 2. The summed E-state index contributed by atoms with van der Waals surface area (Å²) >= 11 is 0. The molecule has 6 heteroatoms. The van der Waals surface area contributed by atoms with Crippen molar-refractivity contribution in [2.75, 3.05) is 19.6 Å². The van der Waals surface area contributed by atoms with E-state index in [1.54, 1.807) is 10.9 Å². The molecule has 2 aromatic heterocycles. The van der Waals surface area contributed by atoms with Crippen LogP contribution in [0.1, 0.15) is 42.8 Å². The Bertz CT molecular complexity index is 1050. The van der Waals surface area contributed by atoms with Crippen LogP contribution in [0.2, 0.25) is 0 Å². The molecule has 0 atom stereocenters. The van der Waals surface area contributed by atoms with Crippen LogP contribution in [0.4, 0.5) is 0 Å². The molecule has 0 saturated carbocycles. The molecule has 1 fully saturated rings. The van der Waals surface area contributed by atoms with E-state index in [0.29, 0.717) is 17.0 Å². The third-order valence-electron chi connectivity index (χ3n) is 5.63. The molecular weight excluding hydrogens is 388 g/mol. The Morgan fingerprint density at radius 1 is 1.16 bits per heavy atom. The number of benzene rings is 1. The van der Waals surface area contributed by atoms with E-state index < -0.39 is 0 Å². The Morgan fingerprint density at radius 2 is 1.90 bits per heavy atom. The van der Waals surface area contributed by atoms with E-state index in [2.05, 4.69) is 35.2 Å². The lowest BCUT2D eigenvalue weighted by Crippen LogP contribution is -2.44. The highest BCUT2D eigenvalue weighted by atomic mass is 16.3. The zero-order chi connectivity index (χ0) is 21.8. The first kappa shape index (κ1) is 21.1. The number of aryl methyl sites for hydroxylation is 1. The van der Waals surface area contributed by atoms with Gasteiger partial charge < -0.3 is 9.73 Å². The summed E-state index contributed by atoms with van der Waals surface area (Å²) < 4.78 is 7.53. The van der Waals surface area contributed by atoms with Crippen LogP contribution >= 0.6 is 0 Å². The zero-order valence-corrected chi connectivity index (χ0v) is 18.5. The first-order valence-electron chi connectivity index (χ1n) is 10.9. The van der Waals surface area contributed by atoms with Crippen molar-refractivity contribution in [1.82, 2.24) is 20.0 Å². The summed E-state index contributed by atoms with van der Waals surface area (Å²) in [5.41, 5.74) is 3.34. The van der Waals surface area contributed by atoms with Gasteiger partial charge in [-0.1, -0.05) is 29.8 Å². The van der Waals surface area contributed by atoms with Crippen molar-refractivity contribution in [3.05, 3.63) is 71.6 Å². The molecule has 1 N–H and O–H groups in total. The van der Waals surface area contributed by atoms with Gasteiger partial charge in [-0.25, -0.2) is 4.68 Å². The highest BCUT2D eigenvalue weighted by molar-refractivity contribution is 5.99. The molecule has 1 amide bonds. The molecule has 1 aliphatic heterocycles. The van der Waals surface area contributed by atoms with Crippen molar-refractivity contribution in [2.24, 2.45) is 0 Å². The second-order valence-electron chi connectivity index (χ2n) is 8.41. The lowest BCUT2D eigenvalue weighted by Gasteiger charge is -2.31. The van der Waals surface area contributed by atoms with Crippen LogP contribution in [0.5, 0.6) is 0 Å². The van der Waals surface area contributed by atoms with E-state index in [1.807, 2.05) is 49.4 Å². The predicted molar refractivity (Wildman–Crippen MR) is 122 cm³/mol. The van der Waals surface area contributed by atoms with Gasteiger partial charge in [0.05, 0.1) is 11.3 Å². The van der Waals surface area contributed by atoms with Gasteiger partial charge in [0.2, 0.25) is 0 Å². The number of carbonyl (C=O) groups excluding carboxylic acids is 1. The van der Waals surface area contributed by atoms with Crippen LogP contribution in [0, 0.1) is 6.92 Å².